The minimum atomic E-state index is -0.268. The van der Waals surface area contributed by atoms with E-state index in [1.807, 2.05) is 26.8 Å². The predicted molar refractivity (Wildman–Crippen MR) is 108 cm³/mol. The van der Waals surface area contributed by atoms with Gasteiger partial charge in [-0.25, -0.2) is 19.7 Å². The third-order valence-electron chi connectivity index (χ3n) is 4.50. The maximum absolute atomic E-state index is 12.0. The molecule has 29 heavy (non-hydrogen) atoms. The number of nitrogens with zero attached hydrogens (tertiary/aromatic N) is 4. The SMILES string of the molecule is COc1ccc(Nc2cc(OC3CCN(C(=O)OC(C)C)CC3)ncn2)c(C)n1. The number of aromatic nitrogens is 3. The zero-order chi connectivity index (χ0) is 20.8. The third-order valence-corrected chi connectivity index (χ3v) is 4.50. The summed E-state index contributed by atoms with van der Waals surface area (Å²) in [6, 6.07) is 5.42. The van der Waals surface area contributed by atoms with E-state index in [2.05, 4.69) is 20.3 Å². The van der Waals surface area contributed by atoms with Crippen LogP contribution in [0.3, 0.4) is 0 Å². The van der Waals surface area contributed by atoms with E-state index in [1.54, 1.807) is 24.1 Å². The van der Waals surface area contributed by atoms with Crippen LogP contribution in [-0.2, 0) is 4.74 Å². The van der Waals surface area contributed by atoms with Crippen LogP contribution < -0.4 is 14.8 Å². The van der Waals surface area contributed by atoms with Crippen LogP contribution in [0.15, 0.2) is 24.5 Å². The normalized spacial score (nSPS) is 14.6. The van der Waals surface area contributed by atoms with Gasteiger partial charge in [0.25, 0.3) is 0 Å². The molecule has 1 aliphatic heterocycles. The van der Waals surface area contributed by atoms with Gasteiger partial charge in [0, 0.05) is 38.1 Å². The van der Waals surface area contributed by atoms with E-state index in [0.717, 1.165) is 24.2 Å². The molecule has 2 aromatic rings. The van der Waals surface area contributed by atoms with Crippen molar-refractivity contribution in [3.63, 3.8) is 0 Å². The standard InChI is InChI=1S/C20H27N5O4/c1-13(2)28-20(26)25-9-7-15(8-10-25)29-19-11-17(21-12-22-19)24-16-5-6-18(27-4)23-14(16)3/h5-6,11-13,15H,7-10H2,1-4H3,(H,21,22,24). The van der Waals surface area contributed by atoms with E-state index in [4.69, 9.17) is 14.2 Å². The number of likely N-dealkylation sites (tertiary alicyclic amines) is 1. The van der Waals surface area contributed by atoms with Crippen molar-refractivity contribution >= 4 is 17.6 Å². The molecule has 1 amide bonds. The largest absolute Gasteiger partial charge is 0.481 e. The number of anilines is 2. The highest BCUT2D eigenvalue weighted by atomic mass is 16.6. The Bertz CT molecular complexity index is 837. The molecule has 1 fully saturated rings. The highest BCUT2D eigenvalue weighted by molar-refractivity contribution is 5.67. The fourth-order valence-electron chi connectivity index (χ4n) is 3.00. The quantitative estimate of drug-likeness (QED) is 0.787. The van der Waals surface area contributed by atoms with Crippen molar-refractivity contribution in [1.82, 2.24) is 19.9 Å². The number of rotatable bonds is 6. The summed E-state index contributed by atoms with van der Waals surface area (Å²) in [7, 11) is 1.58. The van der Waals surface area contributed by atoms with Gasteiger partial charge in [0.05, 0.1) is 24.6 Å². The number of pyridine rings is 1. The summed E-state index contributed by atoms with van der Waals surface area (Å²) in [5.41, 5.74) is 1.62. The Morgan fingerprint density at radius 2 is 1.97 bits per heavy atom. The number of hydrogen-bond acceptors (Lipinski definition) is 8. The van der Waals surface area contributed by atoms with Crippen LogP contribution >= 0.6 is 0 Å². The van der Waals surface area contributed by atoms with Crippen molar-refractivity contribution in [3.8, 4) is 11.8 Å². The average molecular weight is 401 g/mol. The van der Waals surface area contributed by atoms with Crippen molar-refractivity contribution < 1.29 is 19.0 Å². The number of amides is 1. The lowest BCUT2D eigenvalue weighted by atomic mass is 10.1. The second-order valence-corrected chi connectivity index (χ2v) is 7.09. The number of carbonyl (C=O) groups excluding carboxylic acids is 1. The highest BCUT2D eigenvalue weighted by Gasteiger charge is 2.25. The van der Waals surface area contributed by atoms with Gasteiger partial charge in [-0.15, -0.1) is 0 Å². The first kappa shape index (κ1) is 20.6. The lowest BCUT2D eigenvalue weighted by Crippen LogP contribution is -2.42. The molecule has 0 unspecified atom stereocenters. The summed E-state index contributed by atoms with van der Waals surface area (Å²) in [6.45, 7) is 6.78. The Balaban J connectivity index is 1.56. The number of ether oxygens (including phenoxy) is 3. The summed E-state index contributed by atoms with van der Waals surface area (Å²) >= 11 is 0. The van der Waals surface area contributed by atoms with Crippen molar-refractivity contribution in [2.24, 2.45) is 0 Å². The first-order chi connectivity index (χ1) is 13.9. The summed E-state index contributed by atoms with van der Waals surface area (Å²) in [5, 5.41) is 3.22. The molecule has 0 aromatic carbocycles. The summed E-state index contributed by atoms with van der Waals surface area (Å²) in [5.74, 6) is 1.66. The van der Waals surface area contributed by atoms with Gasteiger partial charge in [-0.2, -0.15) is 0 Å². The van der Waals surface area contributed by atoms with Crippen LogP contribution in [0.25, 0.3) is 0 Å². The zero-order valence-corrected chi connectivity index (χ0v) is 17.2. The molecule has 156 valence electrons. The van der Waals surface area contributed by atoms with Gasteiger partial charge in [0.1, 0.15) is 18.2 Å². The van der Waals surface area contributed by atoms with Crippen molar-refractivity contribution in [2.45, 2.75) is 45.8 Å². The molecule has 1 N–H and O–H groups in total. The van der Waals surface area contributed by atoms with Gasteiger partial charge in [-0.05, 0) is 26.8 Å². The Kier molecular flexibility index (Phi) is 6.69. The number of hydrogen-bond donors (Lipinski definition) is 1. The van der Waals surface area contributed by atoms with Gasteiger partial charge in [-0.3, -0.25) is 0 Å². The molecule has 3 heterocycles. The lowest BCUT2D eigenvalue weighted by molar-refractivity contribution is 0.0507. The molecule has 1 saturated heterocycles. The van der Waals surface area contributed by atoms with Gasteiger partial charge >= 0.3 is 6.09 Å². The van der Waals surface area contributed by atoms with E-state index in [0.29, 0.717) is 30.7 Å². The molecule has 3 rings (SSSR count). The van der Waals surface area contributed by atoms with Gasteiger partial charge in [-0.1, -0.05) is 0 Å². The molecule has 0 spiro atoms. The van der Waals surface area contributed by atoms with Gasteiger partial charge in [0.15, 0.2) is 0 Å². The van der Waals surface area contributed by atoms with E-state index < -0.39 is 0 Å². The molecule has 0 aliphatic carbocycles. The molecule has 1 aliphatic rings. The van der Waals surface area contributed by atoms with Crippen molar-refractivity contribution in [2.75, 3.05) is 25.5 Å². The minimum Gasteiger partial charge on any atom is -0.481 e. The monoisotopic (exact) mass is 401 g/mol. The number of carbonyl (C=O) groups is 1. The third kappa shape index (κ3) is 5.69. The smallest absolute Gasteiger partial charge is 0.410 e. The van der Waals surface area contributed by atoms with E-state index >= 15 is 0 Å². The Hall–Kier alpha value is -3.10. The summed E-state index contributed by atoms with van der Waals surface area (Å²) in [6.07, 6.45) is 2.51. The Morgan fingerprint density at radius 1 is 1.21 bits per heavy atom. The predicted octanol–water partition coefficient (Wildman–Crippen LogP) is 3.32. The summed E-state index contributed by atoms with van der Waals surface area (Å²) in [4.78, 5) is 26.5. The van der Waals surface area contributed by atoms with Crippen LogP contribution in [0.4, 0.5) is 16.3 Å². The molecule has 0 atom stereocenters. The van der Waals surface area contributed by atoms with Crippen LogP contribution in [0.5, 0.6) is 11.8 Å². The van der Waals surface area contributed by atoms with Crippen LogP contribution in [-0.4, -0.2) is 58.4 Å². The second-order valence-electron chi connectivity index (χ2n) is 7.09. The first-order valence-corrected chi connectivity index (χ1v) is 9.67. The maximum atomic E-state index is 12.0. The summed E-state index contributed by atoms with van der Waals surface area (Å²) < 4.78 is 16.4. The number of methoxy groups -OCH3 is 1. The zero-order valence-electron chi connectivity index (χ0n) is 17.2. The first-order valence-electron chi connectivity index (χ1n) is 9.67. The van der Waals surface area contributed by atoms with Crippen LogP contribution in [0.2, 0.25) is 0 Å². The highest BCUT2D eigenvalue weighted by Crippen LogP contribution is 2.23. The van der Waals surface area contributed by atoms with Gasteiger partial charge in [0.2, 0.25) is 11.8 Å². The lowest BCUT2D eigenvalue weighted by Gasteiger charge is -2.31. The van der Waals surface area contributed by atoms with Crippen LogP contribution in [0.1, 0.15) is 32.4 Å². The molecule has 0 bridgehead atoms. The molecule has 0 saturated carbocycles. The Labute approximate surface area is 170 Å². The molecule has 9 nitrogen and oxygen atoms in total. The van der Waals surface area contributed by atoms with E-state index in [9.17, 15) is 4.79 Å². The minimum absolute atomic E-state index is 0.00904. The molecule has 9 heteroatoms. The molecule has 2 aromatic heterocycles. The fourth-order valence-corrected chi connectivity index (χ4v) is 3.00. The van der Waals surface area contributed by atoms with Gasteiger partial charge < -0.3 is 24.4 Å². The average Bonchev–Trinajstić information content (AvgIpc) is 2.70. The Morgan fingerprint density at radius 3 is 2.62 bits per heavy atom. The van der Waals surface area contributed by atoms with E-state index in [1.165, 1.54) is 6.33 Å². The number of piperidine rings is 1. The maximum Gasteiger partial charge on any atom is 0.410 e. The van der Waals surface area contributed by atoms with E-state index in [-0.39, 0.29) is 18.3 Å². The van der Waals surface area contributed by atoms with Crippen molar-refractivity contribution in [1.29, 1.82) is 0 Å². The molecular formula is C20H27N5O4. The molecular weight excluding hydrogens is 374 g/mol. The number of aryl methyl sites for hydroxylation is 1. The number of nitrogens with one attached hydrogen (secondary N) is 1. The molecule has 0 radical (unpaired) electrons. The topological polar surface area (TPSA) is 98.7 Å². The second kappa shape index (κ2) is 9.40. The fraction of sp³-hybridized carbons (Fsp3) is 0.500. The van der Waals surface area contributed by atoms with Crippen molar-refractivity contribution in [3.05, 3.63) is 30.2 Å². The van der Waals surface area contributed by atoms with Crippen LogP contribution in [0, 0.1) is 6.92 Å².